The van der Waals surface area contributed by atoms with Gasteiger partial charge in [-0.3, -0.25) is 9.69 Å². The van der Waals surface area contributed by atoms with Crippen LogP contribution in [0.4, 0.5) is 10.8 Å². The van der Waals surface area contributed by atoms with Gasteiger partial charge < -0.3 is 10.4 Å². The summed E-state index contributed by atoms with van der Waals surface area (Å²) >= 11 is 1.57. The average molecular weight is 317 g/mol. The maximum atomic E-state index is 11.0. The number of thiazole rings is 1. The number of benzene rings is 1. The third-order valence-electron chi connectivity index (χ3n) is 3.86. The summed E-state index contributed by atoms with van der Waals surface area (Å²) in [5, 5.41) is 15.2. The lowest BCUT2D eigenvalue weighted by Gasteiger charge is -2.12. The first-order valence-corrected chi connectivity index (χ1v) is 8.21. The Kier molecular flexibility index (Phi) is 4.40. The Morgan fingerprint density at radius 3 is 2.91 bits per heavy atom. The van der Waals surface area contributed by atoms with E-state index in [2.05, 4.69) is 34.3 Å². The van der Waals surface area contributed by atoms with Gasteiger partial charge in [-0.1, -0.05) is 17.7 Å². The van der Waals surface area contributed by atoms with Crippen molar-refractivity contribution in [3.05, 3.63) is 40.9 Å². The number of hydrogen-bond donors (Lipinski definition) is 2. The van der Waals surface area contributed by atoms with Gasteiger partial charge in [0.1, 0.15) is 0 Å². The van der Waals surface area contributed by atoms with Crippen molar-refractivity contribution in [3.63, 3.8) is 0 Å². The zero-order chi connectivity index (χ0) is 15.5. The van der Waals surface area contributed by atoms with Crippen LogP contribution >= 0.6 is 11.3 Å². The van der Waals surface area contributed by atoms with E-state index in [0.717, 1.165) is 36.0 Å². The number of likely N-dealkylation sites (tertiary alicyclic amines) is 1. The van der Waals surface area contributed by atoms with Gasteiger partial charge in [-0.15, -0.1) is 11.3 Å². The van der Waals surface area contributed by atoms with Crippen LogP contribution in [0, 0.1) is 12.8 Å². The predicted octanol–water partition coefficient (Wildman–Crippen LogP) is 3.10. The maximum Gasteiger partial charge on any atom is 0.307 e. The summed E-state index contributed by atoms with van der Waals surface area (Å²) < 4.78 is 0. The molecule has 1 fully saturated rings. The highest BCUT2D eigenvalue weighted by atomic mass is 32.1. The van der Waals surface area contributed by atoms with Crippen molar-refractivity contribution < 1.29 is 9.90 Å². The first-order chi connectivity index (χ1) is 10.6. The molecule has 1 aliphatic rings. The molecule has 1 atom stereocenters. The quantitative estimate of drug-likeness (QED) is 0.887. The summed E-state index contributed by atoms with van der Waals surface area (Å²) in [6, 6.07) is 8.20. The van der Waals surface area contributed by atoms with Gasteiger partial charge in [0.05, 0.1) is 11.6 Å². The van der Waals surface area contributed by atoms with E-state index >= 15 is 0 Å². The molecule has 2 aromatic rings. The van der Waals surface area contributed by atoms with Crippen LogP contribution in [0.15, 0.2) is 29.6 Å². The lowest BCUT2D eigenvalue weighted by Crippen LogP contribution is -2.22. The third-order valence-corrected chi connectivity index (χ3v) is 4.67. The number of hydrogen-bond acceptors (Lipinski definition) is 5. The monoisotopic (exact) mass is 317 g/mol. The molecule has 0 aliphatic carbocycles. The molecule has 2 heterocycles. The van der Waals surface area contributed by atoms with E-state index in [1.807, 2.05) is 17.5 Å². The first kappa shape index (κ1) is 15.0. The van der Waals surface area contributed by atoms with Gasteiger partial charge in [0.2, 0.25) is 0 Å². The van der Waals surface area contributed by atoms with Crippen LogP contribution in [0.2, 0.25) is 0 Å². The molecule has 1 unspecified atom stereocenters. The Hall–Kier alpha value is -1.92. The molecule has 0 spiro atoms. The van der Waals surface area contributed by atoms with E-state index in [1.54, 1.807) is 11.3 Å². The molecule has 6 heteroatoms. The second-order valence-electron chi connectivity index (χ2n) is 5.69. The second kappa shape index (κ2) is 6.46. The van der Waals surface area contributed by atoms with Gasteiger partial charge in [-0.05, 0) is 32.0 Å². The zero-order valence-corrected chi connectivity index (χ0v) is 13.3. The topological polar surface area (TPSA) is 65.5 Å². The molecule has 22 heavy (non-hydrogen) atoms. The summed E-state index contributed by atoms with van der Waals surface area (Å²) in [7, 11) is 0. The lowest BCUT2D eigenvalue weighted by atomic mass is 10.1. The average Bonchev–Trinajstić information content (AvgIpc) is 3.12. The SMILES string of the molecule is Cc1ccc(Nc2nc(CN3CCC(C(=O)O)C3)cs2)cc1. The third kappa shape index (κ3) is 3.64. The number of nitrogens with zero attached hydrogens (tertiary/aromatic N) is 2. The minimum Gasteiger partial charge on any atom is -0.481 e. The molecular weight excluding hydrogens is 298 g/mol. The van der Waals surface area contributed by atoms with Crippen LogP contribution in [0.25, 0.3) is 0 Å². The van der Waals surface area contributed by atoms with Crippen LogP contribution < -0.4 is 5.32 Å². The van der Waals surface area contributed by atoms with Crippen molar-refractivity contribution in [1.82, 2.24) is 9.88 Å². The standard InChI is InChI=1S/C16H19N3O2S/c1-11-2-4-13(5-3-11)17-16-18-14(10-22-16)9-19-7-6-12(8-19)15(20)21/h2-5,10,12H,6-9H2,1H3,(H,17,18)(H,20,21). The van der Waals surface area contributed by atoms with Gasteiger partial charge >= 0.3 is 5.97 Å². The van der Waals surface area contributed by atoms with Crippen LogP contribution in [0.1, 0.15) is 17.7 Å². The Morgan fingerprint density at radius 2 is 2.23 bits per heavy atom. The van der Waals surface area contributed by atoms with E-state index in [9.17, 15) is 4.79 Å². The molecule has 116 valence electrons. The number of nitrogens with one attached hydrogen (secondary N) is 1. The number of carboxylic acid groups (broad SMARTS) is 1. The fraction of sp³-hybridized carbons (Fsp3) is 0.375. The summed E-state index contributed by atoms with van der Waals surface area (Å²) in [4.78, 5) is 17.7. The Morgan fingerprint density at radius 1 is 1.45 bits per heavy atom. The number of aromatic nitrogens is 1. The largest absolute Gasteiger partial charge is 0.481 e. The van der Waals surface area contributed by atoms with Crippen LogP contribution in [-0.4, -0.2) is 34.0 Å². The second-order valence-corrected chi connectivity index (χ2v) is 6.55. The van der Waals surface area contributed by atoms with Crippen molar-refractivity contribution in [1.29, 1.82) is 0 Å². The minimum atomic E-state index is -0.692. The van der Waals surface area contributed by atoms with Gasteiger partial charge in [0, 0.05) is 24.2 Å². The van der Waals surface area contributed by atoms with Crippen molar-refractivity contribution >= 4 is 28.1 Å². The summed E-state index contributed by atoms with van der Waals surface area (Å²) in [6.07, 6.45) is 0.730. The molecule has 0 saturated carbocycles. The van der Waals surface area contributed by atoms with E-state index in [4.69, 9.17) is 5.11 Å². The van der Waals surface area contributed by atoms with E-state index in [0.29, 0.717) is 6.54 Å². The molecule has 2 N–H and O–H groups in total. The number of aryl methyl sites for hydroxylation is 1. The zero-order valence-electron chi connectivity index (χ0n) is 12.5. The van der Waals surface area contributed by atoms with Crippen LogP contribution in [0.5, 0.6) is 0 Å². The lowest BCUT2D eigenvalue weighted by molar-refractivity contribution is -0.141. The molecule has 0 radical (unpaired) electrons. The molecule has 1 aliphatic heterocycles. The molecule has 1 saturated heterocycles. The van der Waals surface area contributed by atoms with E-state index < -0.39 is 5.97 Å². The van der Waals surface area contributed by atoms with E-state index in [1.165, 1.54) is 5.56 Å². The summed E-state index contributed by atoms with van der Waals surface area (Å²) in [5.41, 5.74) is 3.25. The number of aliphatic carboxylic acids is 1. The number of rotatable bonds is 5. The molecule has 1 aromatic carbocycles. The van der Waals surface area contributed by atoms with E-state index in [-0.39, 0.29) is 5.92 Å². The minimum absolute atomic E-state index is 0.233. The molecule has 3 rings (SSSR count). The highest BCUT2D eigenvalue weighted by Gasteiger charge is 2.28. The number of carbonyl (C=O) groups is 1. The normalized spacial score (nSPS) is 18.5. The maximum absolute atomic E-state index is 11.0. The highest BCUT2D eigenvalue weighted by molar-refractivity contribution is 7.13. The van der Waals surface area contributed by atoms with Gasteiger partial charge in [-0.25, -0.2) is 4.98 Å². The Balaban J connectivity index is 1.57. The van der Waals surface area contributed by atoms with Crippen LogP contribution in [0.3, 0.4) is 0 Å². The van der Waals surface area contributed by atoms with Gasteiger partial charge in [0.25, 0.3) is 0 Å². The number of carboxylic acids is 1. The van der Waals surface area contributed by atoms with Crippen molar-refractivity contribution in [2.24, 2.45) is 5.92 Å². The van der Waals surface area contributed by atoms with Crippen molar-refractivity contribution in [3.8, 4) is 0 Å². The fourth-order valence-corrected chi connectivity index (χ4v) is 3.33. The highest BCUT2D eigenvalue weighted by Crippen LogP contribution is 2.24. The van der Waals surface area contributed by atoms with Crippen molar-refractivity contribution in [2.45, 2.75) is 19.9 Å². The predicted molar refractivity (Wildman–Crippen MR) is 87.6 cm³/mol. The molecule has 0 amide bonds. The van der Waals surface area contributed by atoms with Crippen LogP contribution in [-0.2, 0) is 11.3 Å². The Bertz CT molecular complexity index is 654. The number of anilines is 2. The molecular formula is C16H19N3O2S. The Labute approximate surface area is 133 Å². The van der Waals surface area contributed by atoms with Gasteiger partial charge in [0.15, 0.2) is 5.13 Å². The first-order valence-electron chi connectivity index (χ1n) is 7.33. The van der Waals surface area contributed by atoms with Crippen molar-refractivity contribution in [2.75, 3.05) is 18.4 Å². The fourth-order valence-electron chi connectivity index (χ4n) is 2.60. The summed E-state index contributed by atoms with van der Waals surface area (Å²) in [6.45, 7) is 4.23. The van der Waals surface area contributed by atoms with Gasteiger partial charge in [-0.2, -0.15) is 0 Å². The molecule has 5 nitrogen and oxygen atoms in total. The summed E-state index contributed by atoms with van der Waals surface area (Å²) in [5.74, 6) is -0.925. The molecule has 1 aromatic heterocycles. The molecule has 0 bridgehead atoms. The smallest absolute Gasteiger partial charge is 0.307 e.